The van der Waals surface area contributed by atoms with Crippen LogP contribution in [0.5, 0.6) is 0 Å². The second-order valence-electron chi connectivity index (χ2n) is 3.61. The van der Waals surface area contributed by atoms with Crippen LogP contribution < -0.4 is 5.73 Å². The number of benzene rings is 1. The van der Waals surface area contributed by atoms with Gasteiger partial charge in [0.1, 0.15) is 5.82 Å². The van der Waals surface area contributed by atoms with E-state index in [-0.39, 0.29) is 17.8 Å². The van der Waals surface area contributed by atoms with Crippen LogP contribution in [0.2, 0.25) is 0 Å². The summed E-state index contributed by atoms with van der Waals surface area (Å²) in [5.41, 5.74) is 4.81. The molecule has 0 saturated carbocycles. The van der Waals surface area contributed by atoms with Gasteiger partial charge in [-0.1, -0.05) is 6.07 Å². The average Bonchev–Trinajstić information content (AvgIpc) is 2.77. The van der Waals surface area contributed by atoms with Crippen molar-refractivity contribution in [3.05, 3.63) is 47.5 Å². The van der Waals surface area contributed by atoms with Crippen molar-refractivity contribution in [2.75, 3.05) is 0 Å². The maximum absolute atomic E-state index is 13.4. The van der Waals surface area contributed by atoms with Gasteiger partial charge in [-0.3, -0.25) is 0 Å². The Balaban J connectivity index is 2.50. The van der Waals surface area contributed by atoms with Crippen LogP contribution in [0.25, 0.3) is 5.69 Å². The quantitative estimate of drug-likeness (QED) is 0.842. The van der Waals surface area contributed by atoms with E-state index in [1.807, 2.05) is 0 Å². The normalized spacial score (nSPS) is 11.8. The number of alkyl halides is 3. The van der Waals surface area contributed by atoms with Crippen molar-refractivity contribution in [2.24, 2.45) is 5.73 Å². The van der Waals surface area contributed by atoms with Crippen LogP contribution in [0.4, 0.5) is 17.6 Å². The predicted octanol–water partition coefficient (Wildman–Crippen LogP) is 2.49. The highest BCUT2D eigenvalue weighted by atomic mass is 19.4. The second-order valence-corrected chi connectivity index (χ2v) is 3.61. The molecule has 0 aliphatic heterocycles. The lowest BCUT2D eigenvalue weighted by molar-refractivity contribution is -0.137. The lowest BCUT2D eigenvalue weighted by Crippen LogP contribution is -2.08. The summed E-state index contributed by atoms with van der Waals surface area (Å²) in [4.78, 5) is 0. The molecule has 0 atom stereocenters. The lowest BCUT2D eigenvalue weighted by atomic mass is 10.1. The maximum atomic E-state index is 13.4. The van der Waals surface area contributed by atoms with E-state index in [4.69, 9.17) is 5.73 Å². The van der Waals surface area contributed by atoms with Crippen LogP contribution in [0.1, 0.15) is 11.1 Å². The first-order valence-electron chi connectivity index (χ1n) is 5.03. The Labute approximate surface area is 99.8 Å². The van der Waals surface area contributed by atoms with Crippen molar-refractivity contribution in [3.63, 3.8) is 0 Å². The number of halogens is 4. The van der Waals surface area contributed by atoms with Gasteiger partial charge in [0.2, 0.25) is 0 Å². The molecule has 0 amide bonds. The third-order valence-electron chi connectivity index (χ3n) is 2.45. The Kier molecular flexibility index (Phi) is 3.08. The van der Waals surface area contributed by atoms with Crippen LogP contribution >= 0.6 is 0 Å². The molecule has 2 rings (SSSR count). The minimum atomic E-state index is -4.48. The fourth-order valence-electron chi connectivity index (χ4n) is 1.56. The molecule has 7 heteroatoms. The van der Waals surface area contributed by atoms with E-state index in [1.54, 1.807) is 0 Å². The minimum Gasteiger partial charge on any atom is -0.326 e. The molecule has 18 heavy (non-hydrogen) atoms. The summed E-state index contributed by atoms with van der Waals surface area (Å²) in [6.45, 7) is -0.122. The highest BCUT2D eigenvalue weighted by Crippen LogP contribution is 2.29. The van der Waals surface area contributed by atoms with E-state index < -0.39 is 17.6 Å². The Bertz CT molecular complexity index is 560. The minimum absolute atomic E-state index is 0.120. The zero-order chi connectivity index (χ0) is 13.3. The van der Waals surface area contributed by atoms with Crippen LogP contribution in [-0.2, 0) is 12.7 Å². The number of rotatable bonds is 2. The first-order chi connectivity index (χ1) is 8.43. The smallest absolute Gasteiger partial charge is 0.326 e. The van der Waals surface area contributed by atoms with Gasteiger partial charge in [-0.15, -0.1) is 0 Å². The molecule has 1 aromatic carbocycles. The fraction of sp³-hybridized carbons (Fsp3) is 0.182. The van der Waals surface area contributed by atoms with E-state index >= 15 is 0 Å². The average molecular weight is 259 g/mol. The van der Waals surface area contributed by atoms with Gasteiger partial charge in [0.25, 0.3) is 0 Å². The molecule has 0 unspecified atom stereocenters. The Hall–Kier alpha value is -1.89. The summed E-state index contributed by atoms with van der Waals surface area (Å²) in [6, 6.07) is 4.04. The van der Waals surface area contributed by atoms with E-state index in [2.05, 4.69) is 5.10 Å². The zero-order valence-electron chi connectivity index (χ0n) is 9.08. The van der Waals surface area contributed by atoms with Crippen LogP contribution in [0.3, 0.4) is 0 Å². The topological polar surface area (TPSA) is 43.8 Å². The molecule has 3 nitrogen and oxygen atoms in total. The molecular weight excluding hydrogens is 250 g/mol. The molecule has 1 aromatic heterocycles. The van der Waals surface area contributed by atoms with Gasteiger partial charge in [-0.25, -0.2) is 9.07 Å². The van der Waals surface area contributed by atoms with Gasteiger partial charge in [0.05, 0.1) is 17.4 Å². The van der Waals surface area contributed by atoms with Gasteiger partial charge in [-0.05, 0) is 12.1 Å². The molecule has 0 spiro atoms. The zero-order valence-corrected chi connectivity index (χ0v) is 9.08. The molecule has 0 radical (unpaired) electrons. The van der Waals surface area contributed by atoms with E-state index in [1.165, 1.54) is 18.2 Å². The largest absolute Gasteiger partial charge is 0.419 e. The van der Waals surface area contributed by atoms with Crippen LogP contribution in [0, 0.1) is 5.82 Å². The predicted molar refractivity (Wildman–Crippen MR) is 56.4 cm³/mol. The van der Waals surface area contributed by atoms with Gasteiger partial charge < -0.3 is 5.73 Å². The molecule has 0 aliphatic carbocycles. The first-order valence-corrected chi connectivity index (χ1v) is 5.03. The van der Waals surface area contributed by atoms with Gasteiger partial charge >= 0.3 is 6.18 Å². The number of nitrogens with two attached hydrogens (primary N) is 1. The standard InChI is InChI=1S/C11H9F4N3/c12-9-2-1-3-10(8(9)4-16)18-6-7(5-17-18)11(13,14)15/h1-3,5-6H,4,16H2. The summed E-state index contributed by atoms with van der Waals surface area (Å²) in [5, 5.41) is 3.58. The van der Waals surface area contributed by atoms with Crippen molar-refractivity contribution < 1.29 is 17.6 Å². The third kappa shape index (κ3) is 2.21. The second kappa shape index (κ2) is 4.41. The van der Waals surface area contributed by atoms with Crippen LogP contribution in [0.15, 0.2) is 30.6 Å². The Morgan fingerprint density at radius 3 is 2.56 bits per heavy atom. The highest BCUT2D eigenvalue weighted by Gasteiger charge is 2.32. The molecule has 2 aromatic rings. The molecule has 1 heterocycles. The SMILES string of the molecule is NCc1c(F)cccc1-n1cc(C(F)(F)F)cn1. The molecule has 0 bridgehead atoms. The van der Waals surface area contributed by atoms with E-state index in [9.17, 15) is 17.6 Å². The van der Waals surface area contributed by atoms with Gasteiger partial charge in [-0.2, -0.15) is 18.3 Å². The van der Waals surface area contributed by atoms with E-state index in [0.717, 1.165) is 10.9 Å². The van der Waals surface area contributed by atoms with Crippen molar-refractivity contribution in [3.8, 4) is 5.69 Å². The van der Waals surface area contributed by atoms with Crippen molar-refractivity contribution in [2.45, 2.75) is 12.7 Å². The molecule has 96 valence electrons. The summed E-state index contributed by atoms with van der Waals surface area (Å²) in [6.07, 6.45) is -2.99. The summed E-state index contributed by atoms with van der Waals surface area (Å²) >= 11 is 0. The third-order valence-corrected chi connectivity index (χ3v) is 2.45. The number of hydrogen-bond acceptors (Lipinski definition) is 2. The van der Waals surface area contributed by atoms with Gasteiger partial charge in [0, 0.05) is 18.3 Å². The number of aromatic nitrogens is 2. The summed E-state index contributed by atoms with van der Waals surface area (Å²) < 4.78 is 51.7. The molecule has 0 saturated heterocycles. The molecule has 0 fully saturated rings. The molecule has 0 aliphatic rings. The first kappa shape index (κ1) is 12.6. The Morgan fingerprint density at radius 1 is 1.28 bits per heavy atom. The Morgan fingerprint density at radius 2 is 2.00 bits per heavy atom. The summed E-state index contributed by atoms with van der Waals surface area (Å²) in [5.74, 6) is -0.570. The van der Waals surface area contributed by atoms with Crippen molar-refractivity contribution in [1.82, 2.24) is 9.78 Å². The summed E-state index contributed by atoms with van der Waals surface area (Å²) in [7, 11) is 0. The van der Waals surface area contributed by atoms with Crippen molar-refractivity contribution >= 4 is 0 Å². The lowest BCUT2D eigenvalue weighted by Gasteiger charge is -2.08. The monoisotopic (exact) mass is 259 g/mol. The maximum Gasteiger partial charge on any atom is 0.419 e. The van der Waals surface area contributed by atoms with Gasteiger partial charge in [0.15, 0.2) is 0 Å². The fourth-order valence-corrected chi connectivity index (χ4v) is 1.56. The highest BCUT2D eigenvalue weighted by molar-refractivity contribution is 5.41. The van der Waals surface area contributed by atoms with Crippen molar-refractivity contribution in [1.29, 1.82) is 0 Å². The number of nitrogens with zero attached hydrogens (tertiary/aromatic N) is 2. The molecule has 2 N–H and O–H groups in total. The molecular formula is C11H9F4N3. The van der Waals surface area contributed by atoms with Crippen LogP contribution in [-0.4, -0.2) is 9.78 Å². The van der Waals surface area contributed by atoms with E-state index in [0.29, 0.717) is 6.20 Å². The number of hydrogen-bond donors (Lipinski definition) is 1.